The van der Waals surface area contributed by atoms with Crippen LogP contribution in [0.25, 0.3) is 16.5 Å². The average Bonchev–Trinajstić information content (AvgIpc) is 3.02. The monoisotopic (exact) mass is 335 g/mol. The van der Waals surface area contributed by atoms with Crippen molar-refractivity contribution in [1.82, 2.24) is 9.55 Å². The SMILES string of the molecule is Cc1cc(N2CCOCC2)cc(-n2c(C(F)F)nc3bbbbc32)c1. The number of morpholine rings is 1. The fourth-order valence-corrected chi connectivity index (χ4v) is 3.34. The number of nitrogens with zero attached hydrogens (tertiary/aromatic N) is 3. The number of rotatable bonds is 3. The van der Waals surface area contributed by atoms with E-state index in [4.69, 9.17) is 4.74 Å². The number of hydrogen-bond donors (Lipinski definition) is 0. The number of hydrogen-bond acceptors (Lipinski definition) is 3. The molecule has 1 aliphatic heterocycles. The standard InChI is InChI=1S/C15H15B4F2N3O/c1-9-6-10(23-2-4-25-5-3-23)8-11(7-9)24-13-12(16-18-19-17-13)22-15(24)14(20)21/h6-8,14H,2-5H2,1H3. The molecule has 122 valence electrons. The van der Waals surface area contributed by atoms with Crippen molar-refractivity contribution >= 4 is 43.5 Å². The summed E-state index contributed by atoms with van der Waals surface area (Å²) in [7, 11) is 0. The van der Waals surface area contributed by atoms with Crippen LogP contribution in [0.1, 0.15) is 17.8 Å². The van der Waals surface area contributed by atoms with Gasteiger partial charge in [-0.3, -0.25) is 0 Å². The second-order valence-electron chi connectivity index (χ2n) is 6.22. The Morgan fingerprint density at radius 1 is 1.08 bits per heavy atom. The molecule has 1 aliphatic rings. The van der Waals surface area contributed by atoms with E-state index < -0.39 is 6.43 Å². The summed E-state index contributed by atoms with van der Waals surface area (Å²) in [6.07, 6.45) is -2.64. The molecule has 3 aromatic rings. The van der Waals surface area contributed by atoms with E-state index in [9.17, 15) is 8.78 Å². The second-order valence-corrected chi connectivity index (χ2v) is 6.22. The van der Waals surface area contributed by atoms with Gasteiger partial charge in [-0.25, -0.2) is 0 Å². The van der Waals surface area contributed by atoms with Crippen LogP contribution in [-0.4, -0.2) is 62.8 Å². The fourth-order valence-electron chi connectivity index (χ4n) is 3.34. The Bertz CT molecular complexity index is 915. The van der Waals surface area contributed by atoms with Crippen LogP contribution in [0.3, 0.4) is 0 Å². The quantitative estimate of drug-likeness (QED) is 0.726. The van der Waals surface area contributed by atoms with Gasteiger partial charge in [0.25, 0.3) is 0 Å². The molecule has 10 heteroatoms. The number of benzene rings is 1. The number of anilines is 1. The maximum absolute atomic E-state index is 13.6. The van der Waals surface area contributed by atoms with E-state index in [1.807, 2.05) is 39.2 Å². The number of alkyl halides is 2. The number of imidazole rings is 1. The topological polar surface area (TPSA) is 30.3 Å². The van der Waals surface area contributed by atoms with Crippen molar-refractivity contribution in [1.29, 1.82) is 0 Å². The molecule has 3 heterocycles. The van der Waals surface area contributed by atoms with Crippen LogP contribution in [0.2, 0.25) is 0 Å². The van der Waals surface area contributed by atoms with Crippen LogP contribution in [0, 0.1) is 6.92 Å². The molecular weight excluding hydrogens is 319 g/mol. The Morgan fingerprint density at radius 3 is 2.56 bits per heavy atom. The Labute approximate surface area is 147 Å². The van der Waals surface area contributed by atoms with Gasteiger partial charge in [0.1, 0.15) is 0 Å². The zero-order chi connectivity index (χ0) is 17.4. The number of fused-ring (bicyclic) bond motifs is 1. The zero-order valence-electron chi connectivity index (χ0n) is 14.0. The van der Waals surface area contributed by atoms with Crippen LogP contribution in [0.5, 0.6) is 0 Å². The van der Waals surface area contributed by atoms with E-state index in [2.05, 4.69) is 16.0 Å². The van der Waals surface area contributed by atoms with Crippen molar-refractivity contribution in [2.75, 3.05) is 31.2 Å². The summed E-state index contributed by atoms with van der Waals surface area (Å²) in [6.45, 7) is 12.2. The molecule has 0 aliphatic carbocycles. The summed E-state index contributed by atoms with van der Waals surface area (Å²) in [5.74, 6) is -0.222. The van der Waals surface area contributed by atoms with Crippen molar-refractivity contribution in [2.24, 2.45) is 0 Å². The van der Waals surface area contributed by atoms with Crippen LogP contribution in [0.4, 0.5) is 14.5 Å². The van der Waals surface area contributed by atoms with Gasteiger partial charge in [-0.05, 0) is 0 Å². The number of aromatic nitrogens is 2. The Kier molecular flexibility index (Phi) is 4.63. The molecule has 25 heavy (non-hydrogen) atoms. The molecule has 1 aromatic carbocycles. The van der Waals surface area contributed by atoms with E-state index in [1.54, 1.807) is 11.4 Å². The van der Waals surface area contributed by atoms with Gasteiger partial charge in [0.15, 0.2) is 0 Å². The molecule has 0 amide bonds. The average molecular weight is 335 g/mol. The van der Waals surface area contributed by atoms with Gasteiger partial charge in [-0.1, -0.05) is 0 Å². The van der Waals surface area contributed by atoms with Gasteiger partial charge >= 0.3 is 146 Å². The van der Waals surface area contributed by atoms with Crippen molar-refractivity contribution in [3.63, 3.8) is 0 Å². The summed E-state index contributed by atoms with van der Waals surface area (Å²) < 4.78 is 34.2. The number of halogens is 2. The third-order valence-corrected chi connectivity index (χ3v) is 4.46. The molecule has 4 rings (SSSR count). The minimum absolute atomic E-state index is 0.222. The van der Waals surface area contributed by atoms with E-state index in [-0.39, 0.29) is 5.82 Å². The van der Waals surface area contributed by atoms with Gasteiger partial charge < -0.3 is 0 Å². The van der Waals surface area contributed by atoms with Crippen LogP contribution in [0.15, 0.2) is 18.2 Å². The molecule has 0 unspecified atom stereocenters. The molecule has 1 saturated heterocycles. The van der Waals surface area contributed by atoms with Gasteiger partial charge in [0.05, 0.1) is 0 Å². The van der Waals surface area contributed by atoms with Gasteiger partial charge in [-0.2, -0.15) is 0 Å². The van der Waals surface area contributed by atoms with E-state index in [0.29, 0.717) is 29.7 Å². The summed E-state index contributed by atoms with van der Waals surface area (Å²) in [5.41, 5.74) is 4.03. The molecule has 4 nitrogen and oxygen atoms in total. The number of aryl methyl sites for hydroxylation is 1. The minimum atomic E-state index is -2.64. The Morgan fingerprint density at radius 2 is 1.80 bits per heavy atom. The molecule has 0 spiro atoms. The van der Waals surface area contributed by atoms with Crippen molar-refractivity contribution in [2.45, 2.75) is 13.3 Å². The predicted molar refractivity (Wildman–Crippen MR) is 99.2 cm³/mol. The van der Waals surface area contributed by atoms with Crippen LogP contribution in [-0.2, 0) is 4.74 Å². The first-order chi connectivity index (χ1) is 12.1. The summed E-state index contributed by atoms with van der Waals surface area (Å²) in [5, 5.41) is 0. The van der Waals surface area contributed by atoms with E-state index >= 15 is 0 Å². The van der Waals surface area contributed by atoms with Crippen LogP contribution < -0.4 is 4.90 Å². The van der Waals surface area contributed by atoms with Gasteiger partial charge in [-0.15, -0.1) is 0 Å². The fraction of sp³-hybridized carbons (Fsp3) is 0.400. The molecule has 0 N–H and O–H groups in total. The van der Waals surface area contributed by atoms with E-state index in [0.717, 1.165) is 24.3 Å². The molecular formula is C15H15B4F2N3O. The van der Waals surface area contributed by atoms with E-state index in [1.165, 1.54) is 0 Å². The second kappa shape index (κ2) is 6.90. The maximum atomic E-state index is 13.6. The van der Waals surface area contributed by atoms with Crippen molar-refractivity contribution < 1.29 is 13.5 Å². The molecule has 0 atom stereocenters. The first-order valence-corrected chi connectivity index (χ1v) is 8.34. The molecule has 0 radical (unpaired) electrons. The summed E-state index contributed by atoms with van der Waals surface area (Å²) >= 11 is 0. The number of ether oxygens (including phenoxy) is 1. The normalized spacial score (nSPS) is 14.6. The Hall–Kier alpha value is -1.69. The van der Waals surface area contributed by atoms with Gasteiger partial charge in [0.2, 0.25) is 0 Å². The summed E-state index contributed by atoms with van der Waals surface area (Å²) in [4.78, 5) is 6.36. The molecule has 1 fully saturated rings. The van der Waals surface area contributed by atoms with Crippen LogP contribution >= 0.6 is 0 Å². The van der Waals surface area contributed by atoms with Crippen molar-refractivity contribution in [3.05, 3.63) is 29.6 Å². The summed E-state index contributed by atoms with van der Waals surface area (Å²) in [6, 6.07) is 5.96. The Balaban J connectivity index is 1.88. The molecule has 2 aromatic heterocycles. The first kappa shape index (κ1) is 16.8. The zero-order valence-corrected chi connectivity index (χ0v) is 14.0. The molecule has 0 bridgehead atoms. The third kappa shape index (κ3) is 3.24. The van der Waals surface area contributed by atoms with Gasteiger partial charge in [0, 0.05) is 0 Å². The van der Waals surface area contributed by atoms with Crippen molar-refractivity contribution in [3.8, 4) is 5.69 Å². The first-order valence-electron chi connectivity index (χ1n) is 8.34. The predicted octanol–water partition coefficient (Wildman–Crippen LogP) is 1.46. The third-order valence-electron chi connectivity index (χ3n) is 4.46. The molecule has 0 saturated carbocycles.